The van der Waals surface area contributed by atoms with Gasteiger partial charge in [-0.05, 0) is 38.1 Å². The van der Waals surface area contributed by atoms with E-state index in [9.17, 15) is 9.59 Å². The number of aryl methyl sites for hydroxylation is 2. The summed E-state index contributed by atoms with van der Waals surface area (Å²) in [7, 11) is 0. The van der Waals surface area contributed by atoms with Gasteiger partial charge in [0.1, 0.15) is 0 Å². The van der Waals surface area contributed by atoms with E-state index < -0.39 is 0 Å². The highest BCUT2D eigenvalue weighted by Gasteiger charge is 2.14. The van der Waals surface area contributed by atoms with Gasteiger partial charge < -0.3 is 0 Å². The lowest BCUT2D eigenvalue weighted by atomic mass is 10.1. The standard InChI is InChI=1S/2C15H14N2O2/c2*1-11-7-9-13(10-8-11)16-15(17-19)14(18)12-5-3-2-4-6-12/h2*2-10,19H,1H3,(H,16,17). The molecule has 4 aromatic rings. The van der Waals surface area contributed by atoms with Gasteiger partial charge in [-0.25, -0.2) is 20.9 Å². The first-order chi connectivity index (χ1) is 18.4. The lowest BCUT2D eigenvalue weighted by Crippen LogP contribution is -2.28. The summed E-state index contributed by atoms with van der Waals surface area (Å²) in [6.45, 7) is 3.93. The van der Waals surface area contributed by atoms with Crippen molar-refractivity contribution in [2.75, 3.05) is 0 Å². The van der Waals surface area contributed by atoms with Gasteiger partial charge in [0.15, 0.2) is 11.7 Å². The van der Waals surface area contributed by atoms with Crippen molar-refractivity contribution in [1.29, 1.82) is 0 Å². The van der Waals surface area contributed by atoms with Crippen LogP contribution in [0, 0.1) is 13.8 Å². The van der Waals surface area contributed by atoms with Gasteiger partial charge in [-0.1, -0.05) is 96.1 Å². The van der Waals surface area contributed by atoms with E-state index in [2.05, 4.69) is 9.98 Å². The second kappa shape index (κ2) is 14.0. The van der Waals surface area contributed by atoms with Crippen LogP contribution in [0.15, 0.2) is 119 Å². The van der Waals surface area contributed by atoms with Gasteiger partial charge in [0.05, 0.1) is 11.4 Å². The van der Waals surface area contributed by atoms with Crippen LogP contribution in [0.1, 0.15) is 31.8 Å². The van der Waals surface area contributed by atoms with Gasteiger partial charge >= 0.3 is 0 Å². The highest BCUT2D eigenvalue weighted by atomic mass is 16.5. The summed E-state index contributed by atoms with van der Waals surface area (Å²) in [4.78, 5) is 32.4. The smallest absolute Gasteiger partial charge is 0.230 e. The molecule has 192 valence electrons. The van der Waals surface area contributed by atoms with E-state index in [0.717, 1.165) is 11.1 Å². The largest absolute Gasteiger partial charge is 0.290 e. The van der Waals surface area contributed by atoms with Crippen molar-refractivity contribution in [3.8, 4) is 0 Å². The first-order valence-electron chi connectivity index (χ1n) is 11.7. The molecule has 4 N–H and O–H groups in total. The lowest BCUT2D eigenvalue weighted by molar-refractivity contribution is 0.103. The first kappa shape index (κ1) is 27.7. The average molecular weight is 509 g/mol. The van der Waals surface area contributed by atoms with Crippen LogP contribution in [0.3, 0.4) is 0 Å². The molecule has 0 saturated heterocycles. The summed E-state index contributed by atoms with van der Waals surface area (Å²) >= 11 is 0. The maximum Gasteiger partial charge on any atom is 0.230 e. The molecule has 0 fully saturated rings. The van der Waals surface area contributed by atoms with E-state index in [1.165, 1.54) is 0 Å². The maximum absolute atomic E-state index is 12.1. The van der Waals surface area contributed by atoms with E-state index in [-0.39, 0.29) is 23.2 Å². The number of carbonyl (C=O) groups excluding carboxylic acids is 2. The van der Waals surface area contributed by atoms with Crippen LogP contribution in [0.5, 0.6) is 0 Å². The highest BCUT2D eigenvalue weighted by Crippen LogP contribution is 2.14. The summed E-state index contributed by atoms with van der Waals surface area (Å²) in [5.74, 6) is -0.919. The second-order valence-electron chi connectivity index (χ2n) is 8.21. The number of carbonyl (C=O) groups is 2. The Kier molecular flexibility index (Phi) is 10.2. The molecule has 4 rings (SSSR count). The fourth-order valence-corrected chi connectivity index (χ4v) is 3.20. The molecule has 0 spiro atoms. The number of ketones is 2. The Bertz CT molecular complexity index is 1290. The third-order valence-corrected chi connectivity index (χ3v) is 5.26. The normalized spacial score (nSPS) is 11.2. The van der Waals surface area contributed by atoms with Gasteiger partial charge in [0.25, 0.3) is 0 Å². The van der Waals surface area contributed by atoms with E-state index in [1.807, 2.05) is 61.2 Å². The molecular formula is C30H28N4O4. The molecular weight excluding hydrogens is 480 g/mol. The predicted molar refractivity (Wildman–Crippen MR) is 148 cm³/mol. The summed E-state index contributed by atoms with van der Waals surface area (Å²) in [5.41, 5.74) is 8.08. The molecule has 38 heavy (non-hydrogen) atoms. The summed E-state index contributed by atoms with van der Waals surface area (Å²) < 4.78 is 0. The zero-order valence-corrected chi connectivity index (χ0v) is 21.0. The molecule has 4 aromatic carbocycles. The molecule has 0 bridgehead atoms. The predicted octanol–water partition coefficient (Wildman–Crippen LogP) is 5.77. The third-order valence-electron chi connectivity index (χ3n) is 5.26. The van der Waals surface area contributed by atoms with Crippen LogP contribution >= 0.6 is 0 Å². The lowest BCUT2D eigenvalue weighted by Gasteiger charge is -2.04. The fraction of sp³-hybridized carbons (Fsp3) is 0.0667. The minimum Gasteiger partial charge on any atom is -0.290 e. The number of hydrogen-bond donors (Lipinski definition) is 4. The molecule has 0 aliphatic heterocycles. The minimum absolute atomic E-state index is 0.102. The third kappa shape index (κ3) is 8.06. The van der Waals surface area contributed by atoms with Gasteiger partial charge in [0.2, 0.25) is 11.6 Å². The Morgan fingerprint density at radius 1 is 0.526 bits per heavy atom. The quantitative estimate of drug-likeness (QED) is 0.113. The Morgan fingerprint density at radius 2 is 0.842 bits per heavy atom. The van der Waals surface area contributed by atoms with Crippen LogP contribution in [0.2, 0.25) is 0 Å². The summed E-state index contributed by atoms with van der Waals surface area (Å²) in [6.07, 6.45) is 0. The number of rotatable bonds is 6. The van der Waals surface area contributed by atoms with Gasteiger partial charge in [0, 0.05) is 11.1 Å². The highest BCUT2D eigenvalue weighted by molar-refractivity contribution is 6.45. The van der Waals surface area contributed by atoms with E-state index in [1.54, 1.807) is 72.8 Å². The zero-order valence-electron chi connectivity index (χ0n) is 21.0. The summed E-state index contributed by atoms with van der Waals surface area (Å²) in [6, 6.07) is 32.0. The molecule has 0 unspecified atom stereocenters. The van der Waals surface area contributed by atoms with Crippen molar-refractivity contribution in [1.82, 2.24) is 11.0 Å². The van der Waals surface area contributed by atoms with Gasteiger partial charge in [-0.2, -0.15) is 0 Å². The SMILES string of the molecule is Cc1ccc(N=C(NO)C(=O)c2ccccc2)cc1.Cc1ccc(N=C(NO)C(=O)c2ccccc2)cc1. The number of amidine groups is 2. The Hall–Kier alpha value is -4.92. The van der Waals surface area contributed by atoms with Crippen molar-refractivity contribution in [2.45, 2.75) is 13.8 Å². The fourth-order valence-electron chi connectivity index (χ4n) is 3.20. The second-order valence-corrected chi connectivity index (χ2v) is 8.21. The topological polar surface area (TPSA) is 123 Å². The molecule has 0 amide bonds. The van der Waals surface area contributed by atoms with Crippen LogP contribution in [-0.4, -0.2) is 33.7 Å². The van der Waals surface area contributed by atoms with Crippen molar-refractivity contribution < 1.29 is 20.0 Å². The molecule has 0 aromatic heterocycles. The number of benzene rings is 4. The van der Waals surface area contributed by atoms with Crippen LogP contribution in [0.4, 0.5) is 11.4 Å². The number of nitrogens with zero attached hydrogens (tertiary/aromatic N) is 2. The Balaban J connectivity index is 0.000000211. The van der Waals surface area contributed by atoms with E-state index in [4.69, 9.17) is 10.4 Å². The van der Waals surface area contributed by atoms with Gasteiger partial charge in [-0.3, -0.25) is 20.0 Å². The average Bonchev–Trinajstić information content (AvgIpc) is 2.97. The van der Waals surface area contributed by atoms with Crippen molar-refractivity contribution in [3.05, 3.63) is 131 Å². The van der Waals surface area contributed by atoms with E-state index in [0.29, 0.717) is 22.5 Å². The minimum atomic E-state index is -0.358. The zero-order chi connectivity index (χ0) is 27.3. The molecule has 0 aliphatic rings. The number of hydrogen-bond acceptors (Lipinski definition) is 6. The van der Waals surface area contributed by atoms with Crippen LogP contribution < -0.4 is 11.0 Å². The molecule has 0 aliphatic carbocycles. The Morgan fingerprint density at radius 3 is 1.13 bits per heavy atom. The molecule has 0 atom stereocenters. The van der Waals surface area contributed by atoms with Crippen LogP contribution in [-0.2, 0) is 0 Å². The number of hydroxylamine groups is 2. The van der Waals surface area contributed by atoms with Crippen LogP contribution in [0.25, 0.3) is 0 Å². The van der Waals surface area contributed by atoms with Crippen molar-refractivity contribution in [3.63, 3.8) is 0 Å². The van der Waals surface area contributed by atoms with Crippen molar-refractivity contribution in [2.24, 2.45) is 9.98 Å². The number of nitrogens with one attached hydrogen (secondary N) is 2. The molecule has 0 heterocycles. The first-order valence-corrected chi connectivity index (χ1v) is 11.7. The molecule has 8 nitrogen and oxygen atoms in total. The Labute approximate surface area is 221 Å². The molecule has 8 heteroatoms. The molecule has 0 saturated carbocycles. The number of aliphatic imine (C=N–C) groups is 2. The van der Waals surface area contributed by atoms with Gasteiger partial charge in [-0.15, -0.1) is 0 Å². The van der Waals surface area contributed by atoms with E-state index >= 15 is 0 Å². The van der Waals surface area contributed by atoms with Crippen molar-refractivity contribution >= 4 is 34.6 Å². The molecule has 0 radical (unpaired) electrons. The monoisotopic (exact) mass is 508 g/mol. The number of Topliss-reactive ketones (excluding diaryl/α,β-unsaturated/α-hetero) is 2. The maximum atomic E-state index is 12.1. The summed E-state index contributed by atoms with van der Waals surface area (Å²) in [5, 5.41) is 18.1.